The number of carbonyl (C=O) groups excluding carboxylic acids is 1. The molecule has 0 fully saturated rings. The number of Topliss-reactive ketones (excluding diaryl/α,β-unsaturated/α-hetero) is 1. The first-order chi connectivity index (χ1) is 12.3. The van der Waals surface area contributed by atoms with Crippen molar-refractivity contribution < 1.29 is 22.0 Å². The number of ketones is 1. The van der Waals surface area contributed by atoms with Gasteiger partial charge in [-0.2, -0.15) is 14.0 Å². The van der Waals surface area contributed by atoms with E-state index in [1.165, 1.54) is 18.2 Å². The van der Waals surface area contributed by atoms with E-state index in [0.717, 1.165) is 12.1 Å². The van der Waals surface area contributed by atoms with Crippen molar-refractivity contribution in [3.05, 3.63) is 66.2 Å². The SMILES string of the molecule is N#CC(CCC(=O)c1ccccc1)CC(F)(F)S(=O)(=O)c1ccccc1. The number of hydrogen-bond donors (Lipinski definition) is 0. The van der Waals surface area contributed by atoms with Gasteiger partial charge in [-0.05, 0) is 18.6 Å². The summed E-state index contributed by atoms with van der Waals surface area (Å²) in [5.74, 6) is -1.53. The highest BCUT2D eigenvalue weighted by molar-refractivity contribution is 7.92. The minimum absolute atomic E-state index is 0.107. The first-order valence-electron chi connectivity index (χ1n) is 7.93. The van der Waals surface area contributed by atoms with Crippen molar-refractivity contribution in [1.82, 2.24) is 0 Å². The molecule has 0 heterocycles. The van der Waals surface area contributed by atoms with Crippen molar-refractivity contribution in [2.45, 2.75) is 29.4 Å². The fraction of sp³-hybridized carbons (Fsp3) is 0.263. The summed E-state index contributed by atoms with van der Waals surface area (Å²) >= 11 is 0. The minimum Gasteiger partial charge on any atom is -0.294 e. The van der Waals surface area contributed by atoms with Crippen molar-refractivity contribution in [3.8, 4) is 6.07 Å². The van der Waals surface area contributed by atoms with Crippen LogP contribution in [0.4, 0.5) is 8.78 Å². The Bertz CT molecular complexity index is 891. The number of carbonyl (C=O) groups is 1. The molecule has 0 saturated heterocycles. The van der Waals surface area contributed by atoms with Crippen LogP contribution in [0.5, 0.6) is 0 Å². The van der Waals surface area contributed by atoms with E-state index >= 15 is 0 Å². The molecule has 0 spiro atoms. The Morgan fingerprint density at radius 2 is 1.58 bits per heavy atom. The van der Waals surface area contributed by atoms with Crippen LogP contribution in [0.15, 0.2) is 65.6 Å². The van der Waals surface area contributed by atoms with Crippen LogP contribution in [0.25, 0.3) is 0 Å². The summed E-state index contributed by atoms with van der Waals surface area (Å²) < 4.78 is 53.0. The molecule has 0 amide bonds. The lowest BCUT2D eigenvalue weighted by Crippen LogP contribution is -2.31. The van der Waals surface area contributed by atoms with Gasteiger partial charge >= 0.3 is 5.25 Å². The van der Waals surface area contributed by atoms with E-state index in [2.05, 4.69) is 0 Å². The fourth-order valence-corrected chi connectivity index (χ4v) is 3.74. The summed E-state index contributed by atoms with van der Waals surface area (Å²) in [6, 6.07) is 16.4. The number of benzene rings is 2. The molecule has 2 aromatic rings. The number of halogens is 2. The predicted molar refractivity (Wildman–Crippen MR) is 92.3 cm³/mol. The molecule has 0 aliphatic carbocycles. The van der Waals surface area contributed by atoms with E-state index in [1.54, 1.807) is 36.4 Å². The topological polar surface area (TPSA) is 75.0 Å². The van der Waals surface area contributed by atoms with Gasteiger partial charge in [-0.1, -0.05) is 48.5 Å². The number of alkyl halides is 2. The maximum atomic E-state index is 14.3. The zero-order chi connectivity index (χ0) is 19.2. The standard InChI is InChI=1S/C19H17F2NO3S/c20-19(21,26(24,25)17-9-5-2-6-10-17)13-15(14-22)11-12-18(23)16-7-3-1-4-8-16/h1-10,15H,11-13H2. The molecular weight excluding hydrogens is 360 g/mol. The normalized spacial score (nSPS) is 13.0. The van der Waals surface area contributed by atoms with E-state index < -0.39 is 32.3 Å². The molecule has 4 nitrogen and oxygen atoms in total. The molecule has 136 valence electrons. The smallest absolute Gasteiger partial charge is 0.294 e. The summed E-state index contributed by atoms with van der Waals surface area (Å²) in [5, 5.41) is 5.03. The number of hydrogen-bond acceptors (Lipinski definition) is 4. The summed E-state index contributed by atoms with van der Waals surface area (Å²) in [4.78, 5) is 11.5. The number of rotatable bonds is 8. The van der Waals surface area contributed by atoms with Crippen LogP contribution in [-0.2, 0) is 9.84 Å². The molecule has 0 radical (unpaired) electrons. The van der Waals surface area contributed by atoms with Crippen LogP contribution in [0.3, 0.4) is 0 Å². The molecule has 2 aromatic carbocycles. The van der Waals surface area contributed by atoms with Gasteiger partial charge in [-0.15, -0.1) is 0 Å². The third kappa shape index (κ3) is 4.52. The van der Waals surface area contributed by atoms with Gasteiger partial charge in [-0.3, -0.25) is 4.79 Å². The van der Waals surface area contributed by atoms with E-state index in [4.69, 9.17) is 5.26 Å². The summed E-state index contributed by atoms with van der Waals surface area (Å²) in [6.07, 6.45) is -1.39. The van der Waals surface area contributed by atoms with E-state index in [1.807, 2.05) is 0 Å². The zero-order valence-corrected chi connectivity index (χ0v) is 14.6. The van der Waals surface area contributed by atoms with Gasteiger partial charge in [0.15, 0.2) is 5.78 Å². The average molecular weight is 377 g/mol. The lowest BCUT2D eigenvalue weighted by molar-refractivity contribution is 0.0679. The van der Waals surface area contributed by atoms with Crippen molar-refractivity contribution in [1.29, 1.82) is 5.26 Å². The summed E-state index contributed by atoms with van der Waals surface area (Å²) in [7, 11) is -4.90. The minimum atomic E-state index is -4.90. The van der Waals surface area contributed by atoms with Crippen LogP contribution in [0.1, 0.15) is 29.6 Å². The Labute approximate surface area is 151 Å². The Morgan fingerprint density at radius 3 is 2.12 bits per heavy atom. The lowest BCUT2D eigenvalue weighted by atomic mass is 9.97. The van der Waals surface area contributed by atoms with Crippen LogP contribution in [0.2, 0.25) is 0 Å². The summed E-state index contributed by atoms with van der Waals surface area (Å²) in [5.41, 5.74) is 0.424. The molecule has 1 unspecified atom stereocenters. The quantitative estimate of drug-likeness (QED) is 0.645. The highest BCUT2D eigenvalue weighted by atomic mass is 32.2. The molecule has 0 aliphatic heterocycles. The molecule has 1 atom stereocenters. The third-order valence-electron chi connectivity index (χ3n) is 3.93. The Morgan fingerprint density at radius 1 is 1.04 bits per heavy atom. The molecule has 7 heteroatoms. The van der Waals surface area contributed by atoms with Gasteiger partial charge in [0.1, 0.15) is 0 Å². The molecular formula is C19H17F2NO3S. The molecule has 0 bridgehead atoms. The second kappa shape index (κ2) is 8.19. The van der Waals surface area contributed by atoms with Crippen LogP contribution in [-0.4, -0.2) is 19.5 Å². The van der Waals surface area contributed by atoms with Gasteiger partial charge in [0.05, 0.1) is 16.9 Å². The van der Waals surface area contributed by atoms with Gasteiger partial charge in [0.25, 0.3) is 0 Å². The summed E-state index contributed by atoms with van der Waals surface area (Å²) in [6.45, 7) is 0. The van der Waals surface area contributed by atoms with Crippen molar-refractivity contribution in [2.75, 3.05) is 0 Å². The fourth-order valence-electron chi connectivity index (χ4n) is 2.45. The van der Waals surface area contributed by atoms with Gasteiger partial charge in [0.2, 0.25) is 9.84 Å². The van der Waals surface area contributed by atoms with Gasteiger partial charge < -0.3 is 0 Å². The maximum absolute atomic E-state index is 14.3. The Kier molecular flexibility index (Phi) is 6.22. The van der Waals surface area contributed by atoms with E-state index in [-0.39, 0.29) is 18.6 Å². The average Bonchev–Trinajstić information content (AvgIpc) is 2.66. The molecule has 0 aliphatic rings. The van der Waals surface area contributed by atoms with E-state index in [9.17, 15) is 22.0 Å². The zero-order valence-electron chi connectivity index (χ0n) is 13.8. The highest BCUT2D eigenvalue weighted by Gasteiger charge is 2.47. The molecule has 0 saturated carbocycles. The predicted octanol–water partition coefficient (Wildman–Crippen LogP) is 4.25. The van der Waals surface area contributed by atoms with Gasteiger partial charge in [0, 0.05) is 18.4 Å². The third-order valence-corrected chi connectivity index (χ3v) is 5.77. The van der Waals surface area contributed by atoms with Gasteiger partial charge in [-0.25, -0.2) is 8.42 Å². The largest absolute Gasteiger partial charge is 0.351 e. The second-order valence-electron chi connectivity index (χ2n) is 5.81. The number of nitriles is 1. The first-order valence-corrected chi connectivity index (χ1v) is 9.41. The van der Waals surface area contributed by atoms with Crippen molar-refractivity contribution in [3.63, 3.8) is 0 Å². The molecule has 0 aromatic heterocycles. The molecule has 2 rings (SSSR count). The number of nitrogens with zero attached hydrogens (tertiary/aromatic N) is 1. The number of sulfone groups is 1. The highest BCUT2D eigenvalue weighted by Crippen LogP contribution is 2.35. The van der Waals surface area contributed by atoms with Crippen LogP contribution in [0, 0.1) is 17.2 Å². The molecule has 26 heavy (non-hydrogen) atoms. The van der Waals surface area contributed by atoms with Crippen molar-refractivity contribution in [2.24, 2.45) is 5.92 Å². The molecule has 0 N–H and O–H groups in total. The Hall–Kier alpha value is -2.59. The van der Waals surface area contributed by atoms with Crippen LogP contribution < -0.4 is 0 Å². The van der Waals surface area contributed by atoms with E-state index in [0.29, 0.717) is 5.56 Å². The monoisotopic (exact) mass is 377 g/mol. The van der Waals surface area contributed by atoms with Crippen LogP contribution >= 0.6 is 0 Å². The lowest BCUT2D eigenvalue weighted by Gasteiger charge is -2.19. The van der Waals surface area contributed by atoms with Crippen molar-refractivity contribution >= 4 is 15.6 Å². The second-order valence-corrected chi connectivity index (χ2v) is 7.89. The first kappa shape index (κ1) is 19.7. The Balaban J connectivity index is 2.07. The maximum Gasteiger partial charge on any atom is 0.351 e.